The van der Waals surface area contributed by atoms with Crippen LogP contribution < -0.4 is 0 Å². The number of hydrogen-bond acceptors (Lipinski definition) is 2. The Morgan fingerprint density at radius 3 is 2.00 bits per heavy atom. The second-order valence-corrected chi connectivity index (χ2v) is 5.25. The molecule has 0 amide bonds. The van der Waals surface area contributed by atoms with Gasteiger partial charge in [-0.25, -0.2) is 0 Å². The monoisotopic (exact) mass is 196 g/mol. The Hall–Kier alpha value is -0.0800. The molecule has 0 aromatic rings. The lowest BCUT2D eigenvalue weighted by Gasteiger charge is -2.40. The number of hydrogen-bond donors (Lipinski definition) is 0. The van der Waals surface area contributed by atoms with Crippen LogP contribution in [0.4, 0.5) is 0 Å². The van der Waals surface area contributed by atoms with Gasteiger partial charge in [0.1, 0.15) is 0 Å². The third-order valence-corrected chi connectivity index (χ3v) is 4.04. The third-order valence-electron chi connectivity index (χ3n) is 4.04. The molecule has 0 N–H and O–H groups in total. The molecule has 2 heteroatoms. The van der Waals surface area contributed by atoms with Crippen molar-refractivity contribution in [3.05, 3.63) is 0 Å². The van der Waals surface area contributed by atoms with E-state index in [1.54, 1.807) is 0 Å². The van der Waals surface area contributed by atoms with Gasteiger partial charge in [-0.3, -0.25) is 4.90 Å². The van der Waals surface area contributed by atoms with Crippen LogP contribution in [0.1, 0.15) is 32.6 Å². The van der Waals surface area contributed by atoms with Gasteiger partial charge in [0.25, 0.3) is 0 Å². The van der Waals surface area contributed by atoms with Crippen molar-refractivity contribution in [3.63, 3.8) is 0 Å². The van der Waals surface area contributed by atoms with E-state index in [2.05, 4.69) is 23.8 Å². The molecule has 2 rings (SSSR count). The Morgan fingerprint density at radius 2 is 1.43 bits per heavy atom. The summed E-state index contributed by atoms with van der Waals surface area (Å²) in [6.07, 6.45) is 5.81. The first-order valence-electron chi connectivity index (χ1n) is 6.18. The smallest absolute Gasteiger partial charge is 0.0113 e. The number of likely N-dealkylation sites (N-methyl/N-ethyl adjacent to an activating group) is 1. The Labute approximate surface area is 88.3 Å². The minimum absolute atomic E-state index is 0.917. The third kappa shape index (κ3) is 2.48. The Morgan fingerprint density at radius 1 is 0.857 bits per heavy atom. The molecule has 2 fully saturated rings. The average Bonchev–Trinajstić information content (AvgIpc) is 2.21. The predicted octanol–water partition coefficient (Wildman–Crippen LogP) is 1.81. The van der Waals surface area contributed by atoms with Gasteiger partial charge in [0.05, 0.1) is 0 Å². The summed E-state index contributed by atoms with van der Waals surface area (Å²) in [5.74, 6) is 0.985. The lowest BCUT2D eigenvalue weighted by atomic mass is 9.86. The molecule has 2 nitrogen and oxygen atoms in total. The summed E-state index contributed by atoms with van der Waals surface area (Å²) in [6.45, 7) is 7.55. The molecule has 0 radical (unpaired) electrons. The van der Waals surface area contributed by atoms with Crippen molar-refractivity contribution in [1.82, 2.24) is 9.80 Å². The second kappa shape index (κ2) is 4.63. The minimum Gasteiger partial charge on any atom is -0.304 e. The van der Waals surface area contributed by atoms with Crippen molar-refractivity contribution >= 4 is 0 Å². The van der Waals surface area contributed by atoms with Gasteiger partial charge in [-0.15, -0.1) is 0 Å². The van der Waals surface area contributed by atoms with Crippen LogP contribution in [0.3, 0.4) is 0 Å². The molecule has 0 spiro atoms. The summed E-state index contributed by atoms with van der Waals surface area (Å²) in [5, 5.41) is 0. The molecule has 1 aliphatic carbocycles. The highest BCUT2D eigenvalue weighted by molar-refractivity contribution is 4.81. The van der Waals surface area contributed by atoms with E-state index in [0.29, 0.717) is 0 Å². The van der Waals surface area contributed by atoms with Crippen LogP contribution in [0, 0.1) is 5.92 Å². The van der Waals surface area contributed by atoms with Crippen LogP contribution in [-0.4, -0.2) is 49.1 Å². The van der Waals surface area contributed by atoms with E-state index in [1.165, 1.54) is 51.9 Å². The van der Waals surface area contributed by atoms with Gasteiger partial charge in [0, 0.05) is 32.2 Å². The van der Waals surface area contributed by atoms with Crippen molar-refractivity contribution in [2.45, 2.75) is 38.6 Å². The van der Waals surface area contributed by atoms with Gasteiger partial charge in [-0.2, -0.15) is 0 Å². The molecule has 1 aliphatic heterocycles. The first kappa shape index (κ1) is 10.4. The van der Waals surface area contributed by atoms with Crippen molar-refractivity contribution in [1.29, 1.82) is 0 Å². The molecule has 0 unspecified atom stereocenters. The van der Waals surface area contributed by atoms with Crippen molar-refractivity contribution in [2.24, 2.45) is 5.92 Å². The summed E-state index contributed by atoms with van der Waals surface area (Å²) in [4.78, 5) is 5.17. The molecule has 0 bridgehead atoms. The van der Waals surface area contributed by atoms with Crippen LogP contribution in [0.5, 0.6) is 0 Å². The SMILES string of the molecule is CN1CCN([C@H]2CC[C@@H](C)CC2)CC1. The van der Waals surface area contributed by atoms with E-state index in [9.17, 15) is 0 Å². The first-order chi connectivity index (χ1) is 6.75. The maximum atomic E-state index is 2.73. The Kier molecular flexibility index (Phi) is 3.45. The van der Waals surface area contributed by atoms with E-state index in [1.807, 2.05) is 0 Å². The van der Waals surface area contributed by atoms with Gasteiger partial charge in [-0.05, 0) is 38.6 Å². The van der Waals surface area contributed by atoms with Gasteiger partial charge in [-0.1, -0.05) is 6.92 Å². The normalized spacial score (nSPS) is 37.3. The summed E-state index contributed by atoms with van der Waals surface area (Å²) in [7, 11) is 2.24. The summed E-state index contributed by atoms with van der Waals surface area (Å²) < 4.78 is 0. The topological polar surface area (TPSA) is 6.48 Å². The van der Waals surface area contributed by atoms with E-state index < -0.39 is 0 Å². The molecule has 0 aromatic heterocycles. The lowest BCUT2D eigenvalue weighted by molar-refractivity contribution is 0.0832. The molecule has 1 saturated carbocycles. The summed E-state index contributed by atoms with van der Waals surface area (Å²) >= 11 is 0. The van der Waals surface area contributed by atoms with Crippen LogP contribution in [0.2, 0.25) is 0 Å². The van der Waals surface area contributed by atoms with Crippen LogP contribution in [0.15, 0.2) is 0 Å². The highest BCUT2D eigenvalue weighted by atomic mass is 15.3. The highest BCUT2D eigenvalue weighted by Crippen LogP contribution is 2.27. The van der Waals surface area contributed by atoms with E-state index in [-0.39, 0.29) is 0 Å². The molecule has 1 heterocycles. The molecule has 14 heavy (non-hydrogen) atoms. The zero-order valence-electron chi connectivity index (χ0n) is 9.71. The fourth-order valence-electron chi connectivity index (χ4n) is 2.79. The fourth-order valence-corrected chi connectivity index (χ4v) is 2.79. The maximum absolute atomic E-state index is 2.73. The van der Waals surface area contributed by atoms with Gasteiger partial charge < -0.3 is 4.90 Å². The Balaban J connectivity index is 1.78. The van der Waals surface area contributed by atoms with Gasteiger partial charge in [0.15, 0.2) is 0 Å². The van der Waals surface area contributed by atoms with E-state index in [4.69, 9.17) is 0 Å². The lowest BCUT2D eigenvalue weighted by Crippen LogP contribution is -2.49. The fraction of sp³-hybridized carbons (Fsp3) is 1.00. The minimum atomic E-state index is 0.917. The second-order valence-electron chi connectivity index (χ2n) is 5.25. The number of piperazine rings is 1. The highest BCUT2D eigenvalue weighted by Gasteiger charge is 2.25. The maximum Gasteiger partial charge on any atom is 0.0113 e. The standard InChI is InChI=1S/C12H24N2/c1-11-3-5-12(6-4-11)14-9-7-13(2)8-10-14/h11-12H,3-10H2,1-2H3/t11-,12+. The first-order valence-corrected chi connectivity index (χ1v) is 6.18. The molecule has 1 saturated heterocycles. The van der Waals surface area contributed by atoms with Gasteiger partial charge in [0.2, 0.25) is 0 Å². The molecule has 82 valence electrons. The quantitative estimate of drug-likeness (QED) is 0.631. The molecular formula is C12H24N2. The van der Waals surface area contributed by atoms with E-state index in [0.717, 1.165) is 12.0 Å². The van der Waals surface area contributed by atoms with Crippen molar-refractivity contribution < 1.29 is 0 Å². The molecule has 0 aromatic carbocycles. The zero-order valence-corrected chi connectivity index (χ0v) is 9.71. The molecule has 0 atom stereocenters. The molecular weight excluding hydrogens is 172 g/mol. The average molecular weight is 196 g/mol. The number of nitrogens with zero attached hydrogens (tertiary/aromatic N) is 2. The predicted molar refractivity (Wildman–Crippen MR) is 60.5 cm³/mol. The van der Waals surface area contributed by atoms with Gasteiger partial charge >= 0.3 is 0 Å². The van der Waals surface area contributed by atoms with Crippen molar-refractivity contribution in [3.8, 4) is 0 Å². The van der Waals surface area contributed by atoms with E-state index >= 15 is 0 Å². The molecule has 2 aliphatic rings. The largest absolute Gasteiger partial charge is 0.304 e. The Bertz CT molecular complexity index is 145. The zero-order chi connectivity index (χ0) is 9.97. The number of rotatable bonds is 1. The van der Waals surface area contributed by atoms with Crippen LogP contribution >= 0.6 is 0 Å². The van der Waals surface area contributed by atoms with Crippen molar-refractivity contribution in [2.75, 3.05) is 33.2 Å². The van der Waals surface area contributed by atoms with Crippen LogP contribution in [0.25, 0.3) is 0 Å². The van der Waals surface area contributed by atoms with Crippen LogP contribution in [-0.2, 0) is 0 Å². The summed E-state index contributed by atoms with van der Waals surface area (Å²) in [6, 6.07) is 0.917. The summed E-state index contributed by atoms with van der Waals surface area (Å²) in [5.41, 5.74) is 0.